The van der Waals surface area contributed by atoms with Crippen LogP contribution in [0.25, 0.3) is 0 Å². The topological polar surface area (TPSA) is 63.6 Å². The summed E-state index contributed by atoms with van der Waals surface area (Å²) in [4.78, 5) is 25.5. The molecule has 1 saturated carbocycles. The quantitative estimate of drug-likeness (QED) is 0.830. The van der Waals surface area contributed by atoms with Gasteiger partial charge in [0.25, 0.3) is 0 Å². The van der Waals surface area contributed by atoms with Crippen molar-refractivity contribution in [2.24, 2.45) is 11.3 Å². The van der Waals surface area contributed by atoms with Crippen LogP contribution in [-0.4, -0.2) is 24.0 Å². The number of ether oxygens (including phenoxy) is 1. The lowest BCUT2D eigenvalue weighted by Crippen LogP contribution is -2.53. The summed E-state index contributed by atoms with van der Waals surface area (Å²) in [6.07, 6.45) is 2.99. The predicted molar refractivity (Wildman–Crippen MR) is 95.5 cm³/mol. The highest BCUT2D eigenvalue weighted by molar-refractivity contribution is 6.00. The maximum absolute atomic E-state index is 12.9. The Labute approximate surface area is 149 Å². The van der Waals surface area contributed by atoms with Crippen molar-refractivity contribution in [2.45, 2.75) is 64.4 Å². The third-order valence-electron chi connectivity index (χ3n) is 6.61. The van der Waals surface area contributed by atoms with Crippen LogP contribution in [0.2, 0.25) is 0 Å². The van der Waals surface area contributed by atoms with Gasteiger partial charge in [-0.15, -0.1) is 0 Å². The van der Waals surface area contributed by atoms with Crippen LogP contribution in [0.1, 0.15) is 74.9 Å². The summed E-state index contributed by atoms with van der Waals surface area (Å²) in [6, 6.07) is 5.72. The molecule has 25 heavy (non-hydrogen) atoms. The van der Waals surface area contributed by atoms with E-state index in [4.69, 9.17) is 4.74 Å². The molecule has 2 aliphatic carbocycles. The number of benzene rings is 1. The van der Waals surface area contributed by atoms with Crippen LogP contribution in [0, 0.1) is 11.3 Å². The lowest BCUT2D eigenvalue weighted by Gasteiger charge is -2.53. The second kappa shape index (κ2) is 5.66. The molecule has 2 aliphatic rings. The van der Waals surface area contributed by atoms with E-state index >= 15 is 0 Å². The Morgan fingerprint density at radius 3 is 2.56 bits per heavy atom. The molecular formula is C21H28O4. The Morgan fingerprint density at radius 2 is 1.96 bits per heavy atom. The van der Waals surface area contributed by atoms with Crippen LogP contribution in [0.3, 0.4) is 0 Å². The summed E-state index contributed by atoms with van der Waals surface area (Å²) in [5, 5.41) is 10.3. The summed E-state index contributed by atoms with van der Waals surface area (Å²) in [7, 11) is 1.42. The van der Waals surface area contributed by atoms with Crippen molar-refractivity contribution in [1.29, 1.82) is 0 Å². The van der Waals surface area contributed by atoms with Gasteiger partial charge < -0.3 is 9.84 Å². The number of Topliss-reactive ketones (excluding diaryl/α,β-unsaturated/α-hetero) is 1. The van der Waals surface area contributed by atoms with Gasteiger partial charge in [0, 0.05) is 12.0 Å². The number of hydrogen-bond acceptors (Lipinski definition) is 4. The minimum Gasteiger partial charge on any atom is -0.469 e. The van der Waals surface area contributed by atoms with Crippen molar-refractivity contribution in [3.05, 3.63) is 34.9 Å². The van der Waals surface area contributed by atoms with Gasteiger partial charge >= 0.3 is 5.97 Å². The van der Waals surface area contributed by atoms with Crippen LogP contribution in [0.5, 0.6) is 0 Å². The third-order valence-corrected chi connectivity index (χ3v) is 6.61. The summed E-state index contributed by atoms with van der Waals surface area (Å²) in [5.74, 6) is -0.220. The molecule has 1 N–H and O–H groups in total. The first-order valence-corrected chi connectivity index (χ1v) is 9.03. The van der Waals surface area contributed by atoms with Gasteiger partial charge in [0.15, 0.2) is 5.78 Å². The first kappa shape index (κ1) is 18.1. The number of fused-ring (bicyclic) bond motifs is 3. The van der Waals surface area contributed by atoms with Crippen molar-refractivity contribution < 1.29 is 19.4 Å². The molecule has 0 radical (unpaired) electrons. The average molecular weight is 344 g/mol. The molecule has 1 aromatic rings. The van der Waals surface area contributed by atoms with Crippen LogP contribution in [0.15, 0.2) is 18.2 Å². The van der Waals surface area contributed by atoms with Crippen molar-refractivity contribution in [2.75, 3.05) is 7.11 Å². The van der Waals surface area contributed by atoms with Gasteiger partial charge in [-0.05, 0) is 62.1 Å². The van der Waals surface area contributed by atoms with Gasteiger partial charge in [-0.1, -0.05) is 25.5 Å². The van der Waals surface area contributed by atoms with Crippen LogP contribution in [-0.2, 0) is 20.5 Å². The molecule has 136 valence electrons. The van der Waals surface area contributed by atoms with Crippen LogP contribution < -0.4 is 0 Å². The molecule has 4 nitrogen and oxygen atoms in total. The first-order valence-electron chi connectivity index (χ1n) is 9.03. The summed E-state index contributed by atoms with van der Waals surface area (Å²) < 4.78 is 5.09. The van der Waals surface area contributed by atoms with E-state index in [2.05, 4.69) is 6.92 Å². The summed E-state index contributed by atoms with van der Waals surface area (Å²) in [5.41, 5.74) is 0.601. The smallest absolute Gasteiger partial charge is 0.311 e. The van der Waals surface area contributed by atoms with Gasteiger partial charge in [-0.25, -0.2) is 0 Å². The van der Waals surface area contributed by atoms with E-state index in [9.17, 15) is 14.7 Å². The van der Waals surface area contributed by atoms with Crippen LogP contribution >= 0.6 is 0 Å². The number of carbonyl (C=O) groups excluding carboxylic acids is 2. The lowest BCUT2D eigenvalue weighted by atomic mass is 9.49. The Balaban J connectivity index is 2.14. The third kappa shape index (κ3) is 2.62. The van der Waals surface area contributed by atoms with E-state index in [0.717, 1.165) is 30.4 Å². The van der Waals surface area contributed by atoms with Crippen molar-refractivity contribution in [1.82, 2.24) is 0 Å². The van der Waals surface area contributed by atoms with E-state index < -0.39 is 11.0 Å². The number of hydrogen-bond donors (Lipinski definition) is 1. The standard InChI is InChI=1S/C21H28O4/c1-19(2,24)13-7-8-15-14(11-13)16(22)12-17-20(15,3)9-6-10-21(17,4)18(23)25-5/h7-8,11,17,24H,6,9-10,12H2,1-5H3/t17-,20-,21-/m1/s1. The number of carbonyl (C=O) groups is 2. The fraction of sp³-hybridized carbons (Fsp3) is 0.619. The summed E-state index contributed by atoms with van der Waals surface area (Å²) in [6.45, 7) is 7.57. The molecule has 3 atom stereocenters. The molecule has 0 bridgehead atoms. The highest BCUT2D eigenvalue weighted by Gasteiger charge is 2.57. The molecule has 0 spiro atoms. The van der Waals surface area contributed by atoms with Gasteiger partial charge in [-0.3, -0.25) is 9.59 Å². The number of aliphatic hydroxyl groups is 1. The Hall–Kier alpha value is -1.68. The predicted octanol–water partition coefficient (Wildman–Crippen LogP) is 3.74. The molecule has 1 fully saturated rings. The van der Waals surface area contributed by atoms with E-state index in [1.165, 1.54) is 7.11 Å². The van der Waals surface area contributed by atoms with E-state index in [0.29, 0.717) is 12.0 Å². The number of rotatable bonds is 2. The molecule has 1 aromatic carbocycles. The minimum atomic E-state index is -0.986. The van der Waals surface area contributed by atoms with Gasteiger partial charge in [0.05, 0.1) is 18.1 Å². The molecule has 4 heteroatoms. The molecule has 0 aromatic heterocycles. The molecule has 0 unspecified atom stereocenters. The highest BCUT2D eigenvalue weighted by Crippen LogP contribution is 2.57. The van der Waals surface area contributed by atoms with Gasteiger partial charge in [0.2, 0.25) is 0 Å². The van der Waals surface area contributed by atoms with Crippen LogP contribution in [0.4, 0.5) is 0 Å². The first-order chi connectivity index (χ1) is 11.5. The molecular weight excluding hydrogens is 316 g/mol. The molecule has 0 heterocycles. The Morgan fingerprint density at radius 1 is 1.28 bits per heavy atom. The normalized spacial score (nSPS) is 31.9. The second-order valence-corrected chi connectivity index (χ2v) is 8.68. The zero-order chi connectivity index (χ0) is 18.6. The molecule has 0 saturated heterocycles. The number of ketones is 1. The fourth-order valence-corrected chi connectivity index (χ4v) is 5.07. The monoisotopic (exact) mass is 344 g/mol. The maximum Gasteiger partial charge on any atom is 0.311 e. The zero-order valence-electron chi connectivity index (χ0n) is 15.8. The van der Waals surface area contributed by atoms with Gasteiger partial charge in [0.1, 0.15) is 0 Å². The van der Waals surface area contributed by atoms with Crippen molar-refractivity contribution in [3.63, 3.8) is 0 Å². The second-order valence-electron chi connectivity index (χ2n) is 8.68. The average Bonchev–Trinajstić information content (AvgIpc) is 2.55. The fourth-order valence-electron chi connectivity index (χ4n) is 5.07. The van der Waals surface area contributed by atoms with Crippen molar-refractivity contribution in [3.8, 4) is 0 Å². The maximum atomic E-state index is 12.9. The van der Waals surface area contributed by atoms with E-state index in [1.54, 1.807) is 13.8 Å². The van der Waals surface area contributed by atoms with E-state index in [-0.39, 0.29) is 23.1 Å². The molecule has 0 amide bonds. The summed E-state index contributed by atoms with van der Waals surface area (Å²) >= 11 is 0. The van der Waals surface area contributed by atoms with E-state index in [1.807, 2.05) is 25.1 Å². The SMILES string of the molecule is COC(=O)[C@]1(C)CCC[C@]2(C)c3ccc(C(C)(C)O)cc3C(=O)C[C@@H]12. The van der Waals surface area contributed by atoms with Crippen molar-refractivity contribution >= 4 is 11.8 Å². The highest BCUT2D eigenvalue weighted by atomic mass is 16.5. The largest absolute Gasteiger partial charge is 0.469 e. The minimum absolute atomic E-state index is 0.0561. The Kier molecular flexibility index (Phi) is 4.11. The zero-order valence-corrected chi connectivity index (χ0v) is 15.8. The molecule has 0 aliphatic heterocycles. The lowest BCUT2D eigenvalue weighted by molar-refractivity contribution is -0.160. The number of methoxy groups -OCH3 is 1. The van der Waals surface area contributed by atoms with Gasteiger partial charge in [-0.2, -0.15) is 0 Å². The Bertz CT molecular complexity index is 730. The molecule has 3 rings (SSSR count). The number of esters is 1.